The lowest BCUT2D eigenvalue weighted by atomic mass is 9.73. The van der Waals surface area contributed by atoms with Crippen LogP contribution < -0.4 is 16.0 Å². The predicted octanol–water partition coefficient (Wildman–Crippen LogP) is 6.88. The number of fused-ring (bicyclic) bond motifs is 1. The molecular weight excluding hydrogens is 709 g/mol. The fourth-order valence-corrected chi connectivity index (χ4v) is 8.01. The van der Waals surface area contributed by atoms with Crippen LogP contribution in [0.1, 0.15) is 50.4 Å². The van der Waals surface area contributed by atoms with E-state index < -0.39 is 5.97 Å². The maximum atomic E-state index is 13.1. The maximum absolute atomic E-state index is 13.1. The van der Waals surface area contributed by atoms with Gasteiger partial charge >= 0.3 is 5.97 Å². The van der Waals surface area contributed by atoms with E-state index in [-0.39, 0.29) is 53.2 Å². The number of benzene rings is 1. The second kappa shape index (κ2) is 14.7. The molecule has 0 radical (unpaired) electrons. The molecule has 51 heavy (non-hydrogen) atoms. The number of para-hydroxylation sites is 1. The van der Waals surface area contributed by atoms with Gasteiger partial charge in [-0.05, 0) is 44.2 Å². The minimum absolute atomic E-state index is 0. The van der Waals surface area contributed by atoms with Gasteiger partial charge in [0.05, 0.1) is 29.2 Å². The van der Waals surface area contributed by atoms with Crippen LogP contribution >= 0.6 is 35.8 Å². The number of nitrogens with zero attached hydrogens (tertiary/aromatic N) is 7. The smallest absolute Gasteiger partial charge is 0.342 e. The zero-order valence-corrected chi connectivity index (χ0v) is 31.1. The Balaban J connectivity index is 0.00000448. The summed E-state index contributed by atoms with van der Waals surface area (Å²) in [5, 5.41) is 5.11. The first kappa shape index (κ1) is 36.5. The average Bonchev–Trinajstić information content (AvgIpc) is 3.55. The third-order valence-electron chi connectivity index (χ3n) is 9.78. The standard InChI is InChI=1S/C36H38ClN9O3S.ClH/c1-20(2)49-34(48)23-16-42-35(43-31(23)24-19-45(4)25-8-6-5-7-22(24)25)44-33-30(37)27(9-12-39-33)50-29-18-40-28(17-41-29)46-13-10-36(11-14-46)15-26(47)21(3)32(36)38;/h5-9,12,16-21,32H,10-11,13-15,38H2,1-4H3,(H,39,42,43,44);1H/t21-,32+;/m1./s1. The van der Waals surface area contributed by atoms with Crippen LogP contribution in [0.3, 0.4) is 0 Å². The number of ether oxygens (including phenoxy) is 1. The normalized spacial score (nSPS) is 18.3. The van der Waals surface area contributed by atoms with Crippen molar-refractivity contribution >= 4 is 76.0 Å². The number of rotatable bonds is 8. The Morgan fingerprint density at radius 3 is 2.55 bits per heavy atom. The zero-order valence-electron chi connectivity index (χ0n) is 28.7. The summed E-state index contributed by atoms with van der Waals surface area (Å²) in [6.07, 6.45) is 10.5. The number of aryl methyl sites for hydroxylation is 1. The van der Waals surface area contributed by atoms with Gasteiger partial charge in [0, 0.05) is 78.5 Å². The molecule has 5 aromatic rings. The van der Waals surface area contributed by atoms with Gasteiger partial charge in [-0.15, -0.1) is 12.4 Å². The first-order valence-electron chi connectivity index (χ1n) is 16.6. The average molecular weight is 749 g/mol. The number of carbonyl (C=O) groups is 2. The van der Waals surface area contributed by atoms with E-state index in [1.807, 2.05) is 49.0 Å². The number of hydrogen-bond acceptors (Lipinski definition) is 12. The van der Waals surface area contributed by atoms with Crippen LogP contribution in [0.15, 0.2) is 71.2 Å². The predicted molar refractivity (Wildman–Crippen MR) is 201 cm³/mol. The highest BCUT2D eigenvalue weighted by Crippen LogP contribution is 2.47. The highest BCUT2D eigenvalue weighted by atomic mass is 35.5. The molecule has 1 aliphatic carbocycles. The van der Waals surface area contributed by atoms with E-state index in [2.05, 4.69) is 25.2 Å². The second-order valence-electron chi connectivity index (χ2n) is 13.3. The first-order chi connectivity index (χ1) is 24.0. The van der Waals surface area contributed by atoms with Crippen molar-refractivity contribution in [2.24, 2.45) is 24.1 Å². The third kappa shape index (κ3) is 7.12. The van der Waals surface area contributed by atoms with Gasteiger partial charge in [-0.1, -0.05) is 48.5 Å². The Bertz CT molecular complexity index is 2080. The van der Waals surface area contributed by atoms with Gasteiger partial charge < -0.3 is 25.3 Å². The van der Waals surface area contributed by atoms with Crippen LogP contribution in [0.25, 0.3) is 22.2 Å². The molecule has 266 valence electrons. The van der Waals surface area contributed by atoms with Crippen LogP contribution in [0.2, 0.25) is 5.02 Å². The molecule has 2 atom stereocenters. The minimum atomic E-state index is -0.510. The highest BCUT2D eigenvalue weighted by molar-refractivity contribution is 7.99. The molecule has 1 saturated carbocycles. The molecule has 5 heterocycles. The van der Waals surface area contributed by atoms with Gasteiger partial charge in [0.1, 0.15) is 22.2 Å². The first-order valence-corrected chi connectivity index (χ1v) is 17.8. The van der Waals surface area contributed by atoms with E-state index in [4.69, 9.17) is 32.0 Å². The molecule has 1 saturated heterocycles. The molecule has 4 aromatic heterocycles. The number of nitrogens with two attached hydrogens (primary N) is 1. The van der Waals surface area contributed by atoms with Crippen LogP contribution in [0, 0.1) is 11.3 Å². The lowest BCUT2D eigenvalue weighted by molar-refractivity contribution is -0.120. The number of anilines is 3. The van der Waals surface area contributed by atoms with E-state index in [9.17, 15) is 9.59 Å². The molecule has 2 fully saturated rings. The van der Waals surface area contributed by atoms with Crippen molar-refractivity contribution in [3.8, 4) is 11.3 Å². The molecule has 3 N–H and O–H groups in total. The number of esters is 1. The quantitative estimate of drug-likeness (QED) is 0.159. The molecule has 1 aliphatic heterocycles. The molecule has 2 aliphatic rings. The number of Topliss-reactive ketones (excluding diaryl/α,β-unsaturated/α-hetero) is 1. The molecule has 15 heteroatoms. The number of halogens is 2. The number of pyridine rings is 1. The molecule has 12 nitrogen and oxygen atoms in total. The summed E-state index contributed by atoms with van der Waals surface area (Å²) in [7, 11) is 1.95. The van der Waals surface area contributed by atoms with Gasteiger partial charge in [-0.25, -0.2) is 29.7 Å². The molecule has 1 aromatic carbocycles. The van der Waals surface area contributed by atoms with Gasteiger partial charge in [0.2, 0.25) is 5.95 Å². The Hall–Kier alpha value is -4.30. The van der Waals surface area contributed by atoms with Crippen molar-refractivity contribution in [1.82, 2.24) is 29.5 Å². The van der Waals surface area contributed by atoms with E-state index in [1.54, 1.807) is 38.5 Å². The Morgan fingerprint density at radius 2 is 1.86 bits per heavy atom. The number of aromatic nitrogens is 6. The zero-order chi connectivity index (χ0) is 35.2. The van der Waals surface area contributed by atoms with Crippen LogP contribution in [0.4, 0.5) is 17.6 Å². The number of piperidine rings is 1. The highest BCUT2D eigenvalue weighted by Gasteiger charge is 2.50. The topological polar surface area (TPSA) is 154 Å². The number of hydrogen-bond donors (Lipinski definition) is 2. The number of nitrogens with one attached hydrogen (secondary N) is 1. The monoisotopic (exact) mass is 747 g/mol. The fraction of sp³-hybridized carbons (Fsp3) is 0.361. The molecule has 0 amide bonds. The van der Waals surface area contributed by atoms with E-state index in [1.165, 1.54) is 18.0 Å². The van der Waals surface area contributed by atoms with Gasteiger partial charge in [-0.2, -0.15) is 0 Å². The number of carbonyl (C=O) groups excluding carboxylic acids is 2. The molecule has 7 rings (SSSR count). The summed E-state index contributed by atoms with van der Waals surface area (Å²) in [6, 6.07) is 9.63. The van der Waals surface area contributed by atoms with Crippen molar-refractivity contribution in [3.05, 3.63) is 71.9 Å². The lowest BCUT2D eigenvalue weighted by Gasteiger charge is -2.42. The lowest BCUT2D eigenvalue weighted by Crippen LogP contribution is -2.48. The minimum Gasteiger partial charge on any atom is -0.459 e. The summed E-state index contributed by atoms with van der Waals surface area (Å²) in [5.74, 6) is 1.05. The van der Waals surface area contributed by atoms with Crippen molar-refractivity contribution in [3.63, 3.8) is 0 Å². The maximum Gasteiger partial charge on any atom is 0.342 e. The van der Waals surface area contributed by atoms with Gasteiger partial charge in [0.25, 0.3) is 0 Å². The van der Waals surface area contributed by atoms with Crippen molar-refractivity contribution < 1.29 is 14.3 Å². The molecular formula is C36H39Cl2N9O3S. The van der Waals surface area contributed by atoms with Crippen LogP contribution in [-0.4, -0.2) is 66.5 Å². The van der Waals surface area contributed by atoms with Crippen LogP contribution in [0.5, 0.6) is 0 Å². The van der Waals surface area contributed by atoms with E-state index in [0.29, 0.717) is 32.9 Å². The van der Waals surface area contributed by atoms with E-state index >= 15 is 0 Å². The molecule has 0 unspecified atom stereocenters. The largest absolute Gasteiger partial charge is 0.459 e. The second-order valence-corrected chi connectivity index (χ2v) is 14.7. The van der Waals surface area contributed by atoms with Gasteiger partial charge in [-0.3, -0.25) is 4.79 Å². The van der Waals surface area contributed by atoms with Crippen LogP contribution in [-0.2, 0) is 16.6 Å². The summed E-state index contributed by atoms with van der Waals surface area (Å²) in [6.45, 7) is 7.11. The Morgan fingerprint density at radius 1 is 1.10 bits per heavy atom. The summed E-state index contributed by atoms with van der Waals surface area (Å²) < 4.78 is 7.52. The van der Waals surface area contributed by atoms with Crippen molar-refractivity contribution in [2.75, 3.05) is 23.3 Å². The summed E-state index contributed by atoms with van der Waals surface area (Å²) in [4.78, 5) is 51.4. The van der Waals surface area contributed by atoms with E-state index in [0.717, 1.165) is 48.2 Å². The summed E-state index contributed by atoms with van der Waals surface area (Å²) >= 11 is 8.22. The van der Waals surface area contributed by atoms with Crippen molar-refractivity contribution in [2.45, 2.75) is 62.1 Å². The Labute approximate surface area is 311 Å². The fourth-order valence-electron chi connectivity index (χ4n) is 6.99. The van der Waals surface area contributed by atoms with Crippen molar-refractivity contribution in [1.29, 1.82) is 0 Å². The number of ketones is 1. The van der Waals surface area contributed by atoms with Gasteiger partial charge in [0.15, 0.2) is 5.82 Å². The third-order valence-corrected chi connectivity index (χ3v) is 11.3. The molecule has 1 spiro atoms. The Kier molecular flexibility index (Phi) is 10.5. The SMILES string of the molecule is CC(C)OC(=O)c1cnc(Nc2nccc(Sc3cnc(N4CCC5(CC4)CC(=O)[C@@H](C)[C@@H]5N)cn3)c2Cl)nc1-c1cn(C)c2ccccc12.Cl. The molecule has 0 bridgehead atoms. The summed E-state index contributed by atoms with van der Waals surface area (Å²) in [5.41, 5.74) is 8.83.